The second kappa shape index (κ2) is 8.96. The van der Waals surface area contributed by atoms with E-state index in [0.29, 0.717) is 5.56 Å². The minimum Gasteiger partial charge on any atom is -0.370 e. The molecule has 0 saturated heterocycles. The summed E-state index contributed by atoms with van der Waals surface area (Å²) in [6, 6.07) is 5.67. The number of hydrogen-bond donors (Lipinski definition) is 2. The molecule has 0 bridgehead atoms. The molecule has 2 rings (SSSR count). The van der Waals surface area contributed by atoms with Crippen molar-refractivity contribution in [3.05, 3.63) is 46.0 Å². The Hall–Kier alpha value is -2.70. The van der Waals surface area contributed by atoms with E-state index < -0.39 is 10.8 Å². The number of carbonyl (C=O) groups excluding carboxylic acids is 2. The minimum atomic E-state index is -0.473. The topological polar surface area (TPSA) is 115 Å². The predicted molar refractivity (Wildman–Crippen MR) is 94.4 cm³/mol. The molecular weight excluding hydrogens is 322 g/mol. The second-order valence-corrected chi connectivity index (χ2v) is 6.37. The first-order valence-electron chi connectivity index (χ1n) is 8.47. The number of benzene rings is 1. The Bertz CT molecular complexity index is 649. The third kappa shape index (κ3) is 6.02. The molecular formula is C18H23N3O4. The Morgan fingerprint density at radius 3 is 2.44 bits per heavy atom. The summed E-state index contributed by atoms with van der Waals surface area (Å²) in [4.78, 5) is 33.6. The number of hydrogen-bond acceptors (Lipinski definition) is 4. The van der Waals surface area contributed by atoms with E-state index in [4.69, 9.17) is 5.73 Å². The van der Waals surface area contributed by atoms with Crippen molar-refractivity contribution in [2.45, 2.75) is 44.6 Å². The highest BCUT2D eigenvalue weighted by molar-refractivity contribution is 5.92. The largest absolute Gasteiger partial charge is 0.370 e. The lowest BCUT2D eigenvalue weighted by atomic mass is 9.82. The third-order valence-corrected chi connectivity index (χ3v) is 4.50. The molecule has 0 aliphatic heterocycles. The van der Waals surface area contributed by atoms with E-state index in [1.165, 1.54) is 24.6 Å². The first kappa shape index (κ1) is 18.6. The molecule has 7 nitrogen and oxygen atoms in total. The van der Waals surface area contributed by atoms with Crippen molar-refractivity contribution in [2.24, 2.45) is 11.7 Å². The molecule has 134 valence electrons. The number of rotatable bonds is 7. The molecule has 3 N–H and O–H groups in total. The van der Waals surface area contributed by atoms with Gasteiger partial charge < -0.3 is 11.1 Å². The standard InChI is InChI=1S/C18H23N3O4/c19-17(22)12-16(14-4-2-1-3-5-14)20-18(23)11-8-13-6-9-15(10-7-13)21(24)25/h6-11,14,16H,1-5,12H2,(H2,19,22)(H,20,23)/b11-8-/t16-/m1/s1. The minimum absolute atomic E-state index is 0.000391. The SMILES string of the molecule is NC(=O)C[C@@H](NC(=O)/C=C\c1ccc([N+](=O)[O-])cc1)C1CCCCC1. The van der Waals surface area contributed by atoms with Gasteiger partial charge in [-0.2, -0.15) is 0 Å². The van der Waals surface area contributed by atoms with E-state index in [1.807, 2.05) is 0 Å². The maximum Gasteiger partial charge on any atom is 0.269 e. The van der Waals surface area contributed by atoms with Crippen LogP contribution < -0.4 is 11.1 Å². The number of carbonyl (C=O) groups is 2. The number of nitrogens with two attached hydrogens (primary N) is 1. The molecule has 0 radical (unpaired) electrons. The van der Waals surface area contributed by atoms with Gasteiger partial charge in [-0.05, 0) is 42.5 Å². The number of non-ortho nitro benzene ring substituents is 1. The highest BCUT2D eigenvalue weighted by Gasteiger charge is 2.25. The number of primary amides is 1. The van der Waals surface area contributed by atoms with E-state index in [1.54, 1.807) is 18.2 Å². The number of nitro groups is 1. The fraction of sp³-hybridized carbons (Fsp3) is 0.444. The number of amides is 2. The van der Waals surface area contributed by atoms with Crippen molar-refractivity contribution in [3.63, 3.8) is 0 Å². The molecule has 1 fully saturated rings. The summed E-state index contributed by atoms with van der Waals surface area (Å²) >= 11 is 0. The van der Waals surface area contributed by atoms with Crippen LogP contribution in [-0.4, -0.2) is 22.8 Å². The highest BCUT2D eigenvalue weighted by Crippen LogP contribution is 2.27. The summed E-state index contributed by atoms with van der Waals surface area (Å²) in [5.74, 6) is -0.441. The maximum absolute atomic E-state index is 12.2. The molecule has 2 amide bonds. The van der Waals surface area contributed by atoms with Crippen molar-refractivity contribution in [3.8, 4) is 0 Å². The normalized spacial score (nSPS) is 16.5. The molecule has 0 heterocycles. The molecule has 25 heavy (non-hydrogen) atoms. The van der Waals surface area contributed by atoms with Gasteiger partial charge in [0.2, 0.25) is 11.8 Å². The van der Waals surface area contributed by atoms with Gasteiger partial charge in [0.1, 0.15) is 0 Å². The lowest BCUT2D eigenvalue weighted by Gasteiger charge is -2.30. The van der Waals surface area contributed by atoms with E-state index in [9.17, 15) is 19.7 Å². The van der Waals surface area contributed by atoms with Crippen molar-refractivity contribution in [2.75, 3.05) is 0 Å². The van der Waals surface area contributed by atoms with Gasteiger partial charge in [-0.3, -0.25) is 19.7 Å². The van der Waals surface area contributed by atoms with E-state index in [-0.39, 0.29) is 30.0 Å². The molecule has 1 atom stereocenters. The van der Waals surface area contributed by atoms with Crippen LogP contribution in [0.1, 0.15) is 44.1 Å². The summed E-state index contributed by atoms with van der Waals surface area (Å²) in [5, 5.41) is 13.5. The predicted octanol–water partition coefficient (Wildman–Crippen LogP) is 2.55. The average Bonchev–Trinajstić information content (AvgIpc) is 2.60. The molecule has 0 aromatic heterocycles. The van der Waals surface area contributed by atoms with Crippen molar-refractivity contribution in [1.29, 1.82) is 0 Å². The maximum atomic E-state index is 12.2. The summed E-state index contributed by atoms with van der Waals surface area (Å²) in [5.41, 5.74) is 6.00. The Morgan fingerprint density at radius 1 is 1.24 bits per heavy atom. The van der Waals surface area contributed by atoms with Crippen LogP contribution in [0.4, 0.5) is 5.69 Å². The molecule has 1 saturated carbocycles. The van der Waals surface area contributed by atoms with Crippen LogP contribution in [0.3, 0.4) is 0 Å². The summed E-state index contributed by atoms with van der Waals surface area (Å²) < 4.78 is 0. The van der Waals surface area contributed by atoms with Crippen LogP contribution in [-0.2, 0) is 9.59 Å². The van der Waals surface area contributed by atoms with Crippen LogP contribution in [0.2, 0.25) is 0 Å². The van der Waals surface area contributed by atoms with E-state index in [2.05, 4.69) is 5.32 Å². The van der Waals surface area contributed by atoms with E-state index in [0.717, 1.165) is 25.7 Å². The van der Waals surface area contributed by atoms with Gasteiger partial charge in [0.25, 0.3) is 5.69 Å². The van der Waals surface area contributed by atoms with Gasteiger partial charge >= 0.3 is 0 Å². The molecule has 0 spiro atoms. The zero-order chi connectivity index (χ0) is 18.2. The van der Waals surface area contributed by atoms with Gasteiger partial charge in [-0.15, -0.1) is 0 Å². The van der Waals surface area contributed by atoms with Crippen LogP contribution >= 0.6 is 0 Å². The van der Waals surface area contributed by atoms with Gasteiger partial charge in [0.15, 0.2) is 0 Å². The molecule has 7 heteroatoms. The number of nitro benzene ring substituents is 1. The Kier molecular flexibility index (Phi) is 6.68. The fourth-order valence-electron chi connectivity index (χ4n) is 3.20. The van der Waals surface area contributed by atoms with Gasteiger partial charge in [0, 0.05) is 30.7 Å². The van der Waals surface area contributed by atoms with Crippen molar-refractivity contribution < 1.29 is 14.5 Å². The lowest BCUT2D eigenvalue weighted by molar-refractivity contribution is -0.384. The smallest absolute Gasteiger partial charge is 0.269 e. The monoisotopic (exact) mass is 345 g/mol. The lowest BCUT2D eigenvalue weighted by Crippen LogP contribution is -2.42. The average molecular weight is 345 g/mol. The molecule has 1 aliphatic carbocycles. The molecule has 1 aliphatic rings. The van der Waals surface area contributed by atoms with Gasteiger partial charge in [-0.25, -0.2) is 0 Å². The molecule has 1 aromatic carbocycles. The quantitative estimate of drug-likeness (QED) is 0.449. The summed E-state index contributed by atoms with van der Waals surface area (Å²) in [6.45, 7) is 0. The van der Waals surface area contributed by atoms with Crippen LogP contribution in [0, 0.1) is 16.0 Å². The summed E-state index contributed by atoms with van der Waals surface area (Å²) in [7, 11) is 0. The highest BCUT2D eigenvalue weighted by atomic mass is 16.6. The Labute approximate surface area is 146 Å². The Balaban J connectivity index is 1.97. The van der Waals surface area contributed by atoms with Crippen LogP contribution in [0.25, 0.3) is 6.08 Å². The van der Waals surface area contributed by atoms with E-state index >= 15 is 0 Å². The van der Waals surface area contributed by atoms with Crippen molar-refractivity contribution >= 4 is 23.6 Å². The molecule has 1 aromatic rings. The zero-order valence-corrected chi connectivity index (χ0v) is 14.0. The fourth-order valence-corrected chi connectivity index (χ4v) is 3.20. The first-order valence-corrected chi connectivity index (χ1v) is 8.47. The first-order chi connectivity index (χ1) is 12.0. The Morgan fingerprint density at radius 2 is 1.88 bits per heavy atom. The third-order valence-electron chi connectivity index (χ3n) is 4.50. The van der Waals surface area contributed by atoms with Crippen LogP contribution in [0.5, 0.6) is 0 Å². The second-order valence-electron chi connectivity index (χ2n) is 6.37. The molecule has 0 unspecified atom stereocenters. The van der Waals surface area contributed by atoms with Gasteiger partial charge in [0.05, 0.1) is 4.92 Å². The van der Waals surface area contributed by atoms with Crippen molar-refractivity contribution in [1.82, 2.24) is 5.32 Å². The zero-order valence-electron chi connectivity index (χ0n) is 14.0. The summed E-state index contributed by atoms with van der Waals surface area (Å²) in [6.07, 6.45) is 8.48. The number of nitrogens with one attached hydrogen (secondary N) is 1. The van der Waals surface area contributed by atoms with Gasteiger partial charge in [-0.1, -0.05) is 19.3 Å². The van der Waals surface area contributed by atoms with Crippen LogP contribution in [0.15, 0.2) is 30.3 Å². The number of nitrogens with zero attached hydrogens (tertiary/aromatic N) is 1.